The third kappa shape index (κ3) is 5.61. The molecule has 0 amide bonds. The summed E-state index contributed by atoms with van der Waals surface area (Å²) in [5, 5.41) is -0.268. The van der Waals surface area contributed by atoms with Crippen molar-refractivity contribution in [3.63, 3.8) is 0 Å². The Labute approximate surface area is 165 Å². The number of likely N-dealkylation sites (N-methyl/N-ethyl adjacent to an activating group) is 1. The molecule has 3 N–H and O–H groups in total. The molecule has 1 aromatic carbocycles. The van der Waals surface area contributed by atoms with Crippen molar-refractivity contribution in [2.75, 3.05) is 30.3 Å². The summed E-state index contributed by atoms with van der Waals surface area (Å²) in [7, 11) is -3.31. The second kappa shape index (κ2) is 9.28. The molecule has 0 aliphatic heterocycles. The molecular weight excluding hydrogens is 358 g/mol. The van der Waals surface area contributed by atoms with E-state index in [9.17, 15) is 8.42 Å². The van der Waals surface area contributed by atoms with Crippen molar-refractivity contribution in [1.29, 1.82) is 0 Å². The summed E-state index contributed by atoms with van der Waals surface area (Å²) in [6.07, 6.45) is 2.91. The van der Waals surface area contributed by atoms with Crippen molar-refractivity contribution >= 4 is 21.4 Å². The fourth-order valence-electron chi connectivity index (χ4n) is 4.23. The highest BCUT2D eigenvalue weighted by molar-refractivity contribution is 7.90. The number of nitrogen functional groups attached to an aromatic ring is 1. The number of benzene rings is 1. The van der Waals surface area contributed by atoms with E-state index in [1.54, 1.807) is 0 Å². The number of nitrogens with one attached hydrogen (secondary N) is 1. The summed E-state index contributed by atoms with van der Waals surface area (Å²) in [6.45, 7) is 12.4. The lowest BCUT2D eigenvalue weighted by Gasteiger charge is -2.37. The average Bonchev–Trinajstić information content (AvgIpc) is 2.61. The van der Waals surface area contributed by atoms with Gasteiger partial charge in [-0.05, 0) is 68.2 Å². The Hall–Kier alpha value is -1.27. The van der Waals surface area contributed by atoms with Gasteiger partial charge in [-0.3, -0.25) is 0 Å². The maximum Gasteiger partial charge on any atom is 0.214 e. The Morgan fingerprint density at radius 1 is 1.30 bits per heavy atom. The van der Waals surface area contributed by atoms with Gasteiger partial charge >= 0.3 is 0 Å². The number of anilines is 2. The van der Waals surface area contributed by atoms with Crippen LogP contribution in [-0.2, 0) is 10.0 Å². The summed E-state index contributed by atoms with van der Waals surface area (Å²) in [6, 6.07) is 5.97. The highest BCUT2D eigenvalue weighted by Crippen LogP contribution is 2.37. The normalized spacial score (nSPS) is 23.6. The van der Waals surface area contributed by atoms with E-state index in [0.29, 0.717) is 24.9 Å². The largest absolute Gasteiger partial charge is 0.399 e. The van der Waals surface area contributed by atoms with Crippen LogP contribution in [0.2, 0.25) is 0 Å². The summed E-state index contributed by atoms with van der Waals surface area (Å²) < 4.78 is 28.9. The first-order chi connectivity index (χ1) is 12.7. The van der Waals surface area contributed by atoms with E-state index in [4.69, 9.17) is 5.73 Å². The van der Waals surface area contributed by atoms with Gasteiger partial charge < -0.3 is 10.6 Å². The Bertz CT molecular complexity index is 718. The smallest absolute Gasteiger partial charge is 0.214 e. The molecule has 0 saturated heterocycles. The van der Waals surface area contributed by atoms with Crippen LogP contribution in [0.4, 0.5) is 11.4 Å². The Balaban J connectivity index is 2.01. The third-order valence-corrected chi connectivity index (χ3v) is 7.99. The van der Waals surface area contributed by atoms with Crippen LogP contribution in [0.15, 0.2) is 18.2 Å². The second-order valence-corrected chi connectivity index (χ2v) is 10.4. The first-order valence-electron chi connectivity index (χ1n) is 10.2. The third-order valence-electron chi connectivity index (χ3n) is 6.05. The molecule has 1 saturated carbocycles. The molecule has 5 nitrogen and oxygen atoms in total. The predicted molar refractivity (Wildman–Crippen MR) is 116 cm³/mol. The monoisotopic (exact) mass is 395 g/mol. The highest BCUT2D eigenvalue weighted by atomic mass is 32.2. The lowest BCUT2D eigenvalue weighted by Crippen LogP contribution is -2.46. The molecule has 0 spiro atoms. The summed E-state index contributed by atoms with van der Waals surface area (Å²) in [5.41, 5.74) is 8.81. The van der Waals surface area contributed by atoms with Gasteiger partial charge in [-0.1, -0.05) is 27.2 Å². The fourth-order valence-corrected chi connectivity index (χ4v) is 6.31. The van der Waals surface area contributed by atoms with Gasteiger partial charge in [0.25, 0.3) is 0 Å². The molecule has 1 fully saturated rings. The molecule has 0 bridgehead atoms. The SMILES string of the molecule is CCN(CCNS(=O)(=O)C1CC(C)CCC1C(C)C)c1ccc(N)c(C)c1. The highest BCUT2D eigenvalue weighted by Gasteiger charge is 2.38. The molecule has 0 radical (unpaired) electrons. The van der Waals surface area contributed by atoms with E-state index in [0.717, 1.165) is 42.7 Å². The van der Waals surface area contributed by atoms with Gasteiger partial charge in [0.2, 0.25) is 10.0 Å². The number of hydrogen-bond acceptors (Lipinski definition) is 4. The van der Waals surface area contributed by atoms with Gasteiger partial charge in [0.15, 0.2) is 0 Å². The van der Waals surface area contributed by atoms with Gasteiger partial charge in [-0.25, -0.2) is 13.1 Å². The summed E-state index contributed by atoms with van der Waals surface area (Å²) in [4.78, 5) is 2.18. The predicted octanol–water partition coefficient (Wildman–Crippen LogP) is 3.78. The van der Waals surface area contributed by atoms with Gasteiger partial charge in [0.1, 0.15) is 0 Å². The van der Waals surface area contributed by atoms with Crippen molar-refractivity contribution in [1.82, 2.24) is 4.72 Å². The zero-order valence-electron chi connectivity index (χ0n) is 17.5. The quantitative estimate of drug-likeness (QED) is 0.657. The molecule has 0 heterocycles. The Morgan fingerprint density at radius 3 is 2.59 bits per heavy atom. The minimum absolute atomic E-state index is 0.251. The molecule has 1 aliphatic rings. The maximum atomic E-state index is 13.0. The van der Waals surface area contributed by atoms with Gasteiger partial charge in [0.05, 0.1) is 5.25 Å². The maximum absolute atomic E-state index is 13.0. The van der Waals surface area contributed by atoms with Crippen LogP contribution >= 0.6 is 0 Å². The zero-order chi connectivity index (χ0) is 20.2. The van der Waals surface area contributed by atoms with E-state index < -0.39 is 10.0 Å². The van der Waals surface area contributed by atoms with Crippen LogP contribution in [0.5, 0.6) is 0 Å². The van der Waals surface area contributed by atoms with Crippen LogP contribution < -0.4 is 15.4 Å². The minimum atomic E-state index is -3.31. The molecule has 1 aromatic rings. The standard InChI is InChI=1S/C21H37N3O2S/c1-6-24(18-8-10-20(22)17(5)14-18)12-11-23-27(25,26)21-13-16(4)7-9-19(21)15(2)3/h8,10,14-16,19,21,23H,6-7,9,11-13,22H2,1-5H3. The molecule has 1 aliphatic carbocycles. The zero-order valence-corrected chi connectivity index (χ0v) is 18.3. The number of rotatable bonds is 8. The number of nitrogens with zero attached hydrogens (tertiary/aromatic N) is 1. The second-order valence-electron chi connectivity index (χ2n) is 8.42. The average molecular weight is 396 g/mol. The Kier molecular flexibility index (Phi) is 7.57. The van der Waals surface area contributed by atoms with Gasteiger partial charge in [0, 0.05) is 31.0 Å². The first-order valence-corrected chi connectivity index (χ1v) is 11.8. The topological polar surface area (TPSA) is 75.4 Å². The van der Waals surface area contributed by atoms with Crippen molar-refractivity contribution in [2.24, 2.45) is 17.8 Å². The van der Waals surface area contributed by atoms with Crippen LogP contribution in [-0.4, -0.2) is 33.3 Å². The van der Waals surface area contributed by atoms with E-state index in [1.807, 2.05) is 19.1 Å². The minimum Gasteiger partial charge on any atom is -0.399 e. The number of hydrogen-bond donors (Lipinski definition) is 2. The number of nitrogens with two attached hydrogens (primary N) is 1. The van der Waals surface area contributed by atoms with E-state index in [1.165, 1.54) is 0 Å². The molecule has 6 heteroatoms. The number of sulfonamides is 1. The lowest BCUT2D eigenvalue weighted by atomic mass is 9.77. The first kappa shape index (κ1) is 22.0. The fraction of sp³-hybridized carbons (Fsp3) is 0.714. The van der Waals surface area contributed by atoms with Crippen molar-refractivity contribution in [3.05, 3.63) is 23.8 Å². The van der Waals surface area contributed by atoms with Gasteiger partial charge in [-0.2, -0.15) is 0 Å². The van der Waals surface area contributed by atoms with Crippen LogP contribution in [0.25, 0.3) is 0 Å². The van der Waals surface area contributed by atoms with Crippen LogP contribution in [0, 0.1) is 24.7 Å². The van der Waals surface area contributed by atoms with E-state index in [2.05, 4.69) is 43.4 Å². The summed E-state index contributed by atoms with van der Waals surface area (Å²) in [5.74, 6) is 1.12. The molecule has 0 aromatic heterocycles. The molecule has 27 heavy (non-hydrogen) atoms. The van der Waals surface area contributed by atoms with Crippen molar-refractivity contribution in [2.45, 2.75) is 59.1 Å². The van der Waals surface area contributed by atoms with Gasteiger partial charge in [-0.15, -0.1) is 0 Å². The van der Waals surface area contributed by atoms with Crippen LogP contribution in [0.1, 0.15) is 52.5 Å². The van der Waals surface area contributed by atoms with Crippen LogP contribution in [0.3, 0.4) is 0 Å². The van der Waals surface area contributed by atoms with E-state index >= 15 is 0 Å². The molecule has 3 atom stereocenters. The molecule has 3 unspecified atom stereocenters. The molecule has 2 rings (SSSR count). The van der Waals surface area contributed by atoms with Crippen molar-refractivity contribution in [3.8, 4) is 0 Å². The lowest BCUT2D eigenvalue weighted by molar-refractivity contribution is 0.236. The van der Waals surface area contributed by atoms with Crippen molar-refractivity contribution < 1.29 is 8.42 Å². The number of aryl methyl sites for hydroxylation is 1. The summed E-state index contributed by atoms with van der Waals surface area (Å²) >= 11 is 0. The molecular formula is C21H37N3O2S. The molecule has 154 valence electrons. The Morgan fingerprint density at radius 2 is 2.00 bits per heavy atom. The van der Waals surface area contributed by atoms with E-state index in [-0.39, 0.29) is 11.2 Å².